The van der Waals surface area contributed by atoms with Gasteiger partial charge in [0, 0.05) is 5.56 Å². The molecule has 2 N–H and O–H groups in total. The molecule has 1 rings (SSSR count). The number of hydrogen-bond acceptors (Lipinski definition) is 4. The second-order valence-corrected chi connectivity index (χ2v) is 3.66. The minimum absolute atomic E-state index is 0.0467. The average molecular weight is 259 g/mol. The molecular formula is C12H15F2NO3. The van der Waals surface area contributed by atoms with Crippen molar-refractivity contribution in [3.8, 4) is 5.75 Å². The standard InChI is InChI=1S/C12H15F2NO3/c1-3-6-17-11(16)8-4-5-9(18-12(13)14)7(2)10(8)15/h4-5,12H,3,6,15H2,1-2H3. The molecule has 0 saturated heterocycles. The highest BCUT2D eigenvalue weighted by Crippen LogP contribution is 2.28. The van der Waals surface area contributed by atoms with E-state index in [0.717, 1.165) is 0 Å². The molecule has 0 bridgehead atoms. The minimum atomic E-state index is -2.93. The van der Waals surface area contributed by atoms with Crippen LogP contribution < -0.4 is 10.5 Å². The summed E-state index contributed by atoms with van der Waals surface area (Å²) < 4.78 is 33.4. The fourth-order valence-electron chi connectivity index (χ4n) is 1.38. The fraction of sp³-hybridized carbons (Fsp3) is 0.417. The first kappa shape index (κ1) is 14.2. The minimum Gasteiger partial charge on any atom is -0.462 e. The Morgan fingerprint density at radius 1 is 1.44 bits per heavy atom. The summed E-state index contributed by atoms with van der Waals surface area (Å²) in [4.78, 5) is 11.6. The predicted molar refractivity (Wildman–Crippen MR) is 62.8 cm³/mol. The molecule has 0 aliphatic carbocycles. The van der Waals surface area contributed by atoms with E-state index in [1.807, 2.05) is 6.92 Å². The van der Waals surface area contributed by atoms with Gasteiger partial charge in [-0.2, -0.15) is 8.78 Å². The molecule has 0 saturated carbocycles. The van der Waals surface area contributed by atoms with Crippen molar-refractivity contribution < 1.29 is 23.0 Å². The van der Waals surface area contributed by atoms with Gasteiger partial charge >= 0.3 is 12.6 Å². The van der Waals surface area contributed by atoms with Crippen LogP contribution in [-0.4, -0.2) is 19.2 Å². The molecule has 100 valence electrons. The Morgan fingerprint density at radius 2 is 2.11 bits per heavy atom. The maximum Gasteiger partial charge on any atom is 0.387 e. The van der Waals surface area contributed by atoms with Crippen LogP contribution in [0.1, 0.15) is 29.3 Å². The number of nitrogens with two attached hydrogens (primary N) is 1. The van der Waals surface area contributed by atoms with E-state index in [9.17, 15) is 13.6 Å². The molecule has 18 heavy (non-hydrogen) atoms. The van der Waals surface area contributed by atoms with Crippen molar-refractivity contribution in [1.82, 2.24) is 0 Å². The number of benzene rings is 1. The first-order valence-electron chi connectivity index (χ1n) is 5.48. The lowest BCUT2D eigenvalue weighted by Crippen LogP contribution is -2.11. The lowest BCUT2D eigenvalue weighted by Gasteiger charge is -2.13. The molecule has 6 heteroatoms. The molecule has 0 atom stereocenters. The molecule has 1 aromatic rings. The Hall–Kier alpha value is -1.85. The second-order valence-electron chi connectivity index (χ2n) is 3.66. The van der Waals surface area contributed by atoms with Crippen LogP contribution in [-0.2, 0) is 4.74 Å². The SMILES string of the molecule is CCCOC(=O)c1ccc(OC(F)F)c(C)c1N. The van der Waals surface area contributed by atoms with Crippen LogP contribution >= 0.6 is 0 Å². The van der Waals surface area contributed by atoms with Crippen LogP contribution in [0.25, 0.3) is 0 Å². The molecule has 0 amide bonds. The topological polar surface area (TPSA) is 61.5 Å². The fourth-order valence-corrected chi connectivity index (χ4v) is 1.38. The van der Waals surface area contributed by atoms with Crippen LogP contribution in [0.3, 0.4) is 0 Å². The number of ether oxygens (including phenoxy) is 2. The van der Waals surface area contributed by atoms with Crippen molar-refractivity contribution >= 4 is 11.7 Å². The van der Waals surface area contributed by atoms with E-state index < -0.39 is 12.6 Å². The summed E-state index contributed by atoms with van der Waals surface area (Å²) in [5.74, 6) is -0.615. The molecular weight excluding hydrogens is 244 g/mol. The van der Waals surface area contributed by atoms with E-state index in [-0.39, 0.29) is 23.6 Å². The Labute approximate surface area is 104 Å². The largest absolute Gasteiger partial charge is 0.462 e. The van der Waals surface area contributed by atoms with E-state index in [1.165, 1.54) is 19.1 Å². The van der Waals surface area contributed by atoms with Crippen LogP contribution in [0, 0.1) is 6.92 Å². The molecule has 0 heterocycles. The number of alkyl halides is 2. The van der Waals surface area contributed by atoms with Crippen LogP contribution in [0.2, 0.25) is 0 Å². The summed E-state index contributed by atoms with van der Waals surface area (Å²) in [5.41, 5.74) is 6.25. The highest BCUT2D eigenvalue weighted by Gasteiger charge is 2.17. The zero-order chi connectivity index (χ0) is 13.7. The van der Waals surface area contributed by atoms with Gasteiger partial charge in [-0.1, -0.05) is 6.92 Å². The first-order valence-corrected chi connectivity index (χ1v) is 5.48. The zero-order valence-corrected chi connectivity index (χ0v) is 10.2. The van der Waals surface area contributed by atoms with Crippen molar-refractivity contribution in [2.45, 2.75) is 26.9 Å². The number of esters is 1. The van der Waals surface area contributed by atoms with Crippen molar-refractivity contribution in [3.63, 3.8) is 0 Å². The van der Waals surface area contributed by atoms with Crippen molar-refractivity contribution in [3.05, 3.63) is 23.3 Å². The third kappa shape index (κ3) is 3.32. The van der Waals surface area contributed by atoms with Gasteiger partial charge < -0.3 is 15.2 Å². The smallest absolute Gasteiger partial charge is 0.387 e. The highest BCUT2D eigenvalue weighted by atomic mass is 19.3. The van der Waals surface area contributed by atoms with Gasteiger partial charge in [0.1, 0.15) is 5.75 Å². The molecule has 0 radical (unpaired) electrons. The van der Waals surface area contributed by atoms with Gasteiger partial charge in [-0.15, -0.1) is 0 Å². The number of hydrogen-bond donors (Lipinski definition) is 1. The second kappa shape index (κ2) is 6.18. The third-order valence-electron chi connectivity index (χ3n) is 2.34. The summed E-state index contributed by atoms with van der Waals surface area (Å²) in [6.45, 7) is 0.721. The lowest BCUT2D eigenvalue weighted by atomic mass is 10.1. The number of carbonyl (C=O) groups is 1. The summed E-state index contributed by atoms with van der Waals surface area (Å²) in [7, 11) is 0. The highest BCUT2D eigenvalue weighted by molar-refractivity contribution is 5.96. The first-order chi connectivity index (χ1) is 8.47. The molecule has 0 aliphatic rings. The number of anilines is 1. The van der Waals surface area contributed by atoms with Gasteiger partial charge in [-0.05, 0) is 25.5 Å². The van der Waals surface area contributed by atoms with E-state index in [2.05, 4.69) is 4.74 Å². The molecule has 0 spiro atoms. The Kier molecular flexibility index (Phi) is 4.88. The Morgan fingerprint density at radius 3 is 2.67 bits per heavy atom. The van der Waals surface area contributed by atoms with Gasteiger partial charge in [0.15, 0.2) is 0 Å². The van der Waals surface area contributed by atoms with E-state index in [1.54, 1.807) is 0 Å². The number of nitrogen functional groups attached to an aromatic ring is 1. The molecule has 1 aromatic carbocycles. The van der Waals surface area contributed by atoms with Gasteiger partial charge in [-0.3, -0.25) is 0 Å². The van der Waals surface area contributed by atoms with E-state index in [0.29, 0.717) is 12.0 Å². The monoisotopic (exact) mass is 259 g/mol. The van der Waals surface area contributed by atoms with Crippen molar-refractivity contribution in [2.75, 3.05) is 12.3 Å². The normalized spacial score (nSPS) is 10.5. The maximum atomic E-state index is 12.1. The molecule has 0 unspecified atom stereocenters. The van der Waals surface area contributed by atoms with Crippen molar-refractivity contribution in [2.24, 2.45) is 0 Å². The summed E-state index contributed by atoms with van der Waals surface area (Å²) in [6.07, 6.45) is 0.692. The summed E-state index contributed by atoms with van der Waals surface area (Å²) >= 11 is 0. The van der Waals surface area contributed by atoms with Gasteiger partial charge in [0.2, 0.25) is 0 Å². The number of rotatable bonds is 5. The quantitative estimate of drug-likeness (QED) is 0.652. The van der Waals surface area contributed by atoms with Crippen LogP contribution in [0.4, 0.5) is 14.5 Å². The van der Waals surface area contributed by atoms with Crippen molar-refractivity contribution in [1.29, 1.82) is 0 Å². The zero-order valence-electron chi connectivity index (χ0n) is 10.2. The molecule has 0 aliphatic heterocycles. The molecule has 4 nitrogen and oxygen atoms in total. The summed E-state index contributed by atoms with van der Waals surface area (Å²) in [6, 6.07) is 2.60. The Balaban J connectivity index is 2.96. The number of carbonyl (C=O) groups excluding carboxylic acids is 1. The van der Waals surface area contributed by atoms with Gasteiger partial charge in [-0.25, -0.2) is 4.79 Å². The van der Waals surface area contributed by atoms with E-state index >= 15 is 0 Å². The summed E-state index contributed by atoms with van der Waals surface area (Å²) in [5, 5.41) is 0. The van der Waals surface area contributed by atoms with Gasteiger partial charge in [0.05, 0.1) is 17.9 Å². The lowest BCUT2D eigenvalue weighted by molar-refractivity contribution is -0.0502. The predicted octanol–water partition coefficient (Wildman–Crippen LogP) is 2.75. The van der Waals surface area contributed by atoms with Crippen LogP contribution in [0.15, 0.2) is 12.1 Å². The molecule has 0 aromatic heterocycles. The maximum absolute atomic E-state index is 12.1. The Bertz CT molecular complexity index is 436. The van der Waals surface area contributed by atoms with E-state index in [4.69, 9.17) is 10.5 Å². The molecule has 0 fully saturated rings. The number of halogens is 2. The van der Waals surface area contributed by atoms with Crippen LogP contribution in [0.5, 0.6) is 5.75 Å². The average Bonchev–Trinajstić information content (AvgIpc) is 2.31. The van der Waals surface area contributed by atoms with Gasteiger partial charge in [0.25, 0.3) is 0 Å². The third-order valence-corrected chi connectivity index (χ3v) is 2.34.